The van der Waals surface area contributed by atoms with Gasteiger partial charge in [0.1, 0.15) is 11.2 Å². The molecule has 58 heavy (non-hydrogen) atoms. The van der Waals surface area contributed by atoms with Crippen LogP contribution in [0.25, 0.3) is 88.0 Å². The monoisotopic (exact) mass is 739 g/mol. The molecule has 11 rings (SSSR count). The van der Waals surface area contributed by atoms with Crippen molar-refractivity contribution in [2.45, 2.75) is 0 Å². The van der Waals surface area contributed by atoms with Gasteiger partial charge >= 0.3 is 0 Å². The van der Waals surface area contributed by atoms with Crippen molar-refractivity contribution in [2.24, 2.45) is 0 Å². The van der Waals surface area contributed by atoms with E-state index in [1.165, 1.54) is 38.2 Å². The summed E-state index contributed by atoms with van der Waals surface area (Å²) in [6, 6.07) is 80.8. The van der Waals surface area contributed by atoms with Crippen molar-refractivity contribution in [3.05, 3.63) is 224 Å². The van der Waals surface area contributed by atoms with Gasteiger partial charge in [-0.1, -0.05) is 176 Å². The zero-order valence-corrected chi connectivity index (χ0v) is 31.7. The third-order valence-electron chi connectivity index (χ3n) is 11.4. The van der Waals surface area contributed by atoms with Gasteiger partial charge in [0.2, 0.25) is 0 Å². The van der Waals surface area contributed by atoms with Crippen molar-refractivity contribution in [1.82, 2.24) is 0 Å². The highest BCUT2D eigenvalue weighted by Crippen LogP contribution is 2.48. The zero-order chi connectivity index (χ0) is 38.4. The molecule has 10 aromatic carbocycles. The van der Waals surface area contributed by atoms with Gasteiger partial charge in [-0.3, -0.25) is 0 Å². The number of benzene rings is 10. The van der Waals surface area contributed by atoms with Crippen LogP contribution in [-0.2, 0) is 0 Å². The largest absolute Gasteiger partial charge is 0.455 e. The Morgan fingerprint density at radius 1 is 0.293 bits per heavy atom. The SMILES string of the molecule is c1ccc(-c2ccc(N(c3cccc(-c4ccc5ccccc5c4)c3)c3ccccc3-c3cccc4c3oc3cc5ccccc5cc34)c(-c3ccccc3)c2)cc1. The number of rotatable bonds is 7. The fraction of sp³-hybridized carbons (Fsp3) is 0. The van der Waals surface area contributed by atoms with E-state index in [1.807, 2.05) is 0 Å². The lowest BCUT2D eigenvalue weighted by Crippen LogP contribution is -2.12. The summed E-state index contributed by atoms with van der Waals surface area (Å²) in [5.74, 6) is 0. The molecule has 0 aliphatic carbocycles. The summed E-state index contributed by atoms with van der Waals surface area (Å²) in [6.07, 6.45) is 0. The number of fused-ring (bicyclic) bond motifs is 5. The predicted molar refractivity (Wildman–Crippen MR) is 245 cm³/mol. The maximum atomic E-state index is 6.84. The van der Waals surface area contributed by atoms with E-state index in [0.717, 1.165) is 66.8 Å². The fourth-order valence-corrected chi connectivity index (χ4v) is 8.58. The zero-order valence-electron chi connectivity index (χ0n) is 31.7. The van der Waals surface area contributed by atoms with Crippen LogP contribution in [0.2, 0.25) is 0 Å². The molecule has 2 heteroatoms. The number of hydrogen-bond donors (Lipinski definition) is 0. The number of anilines is 3. The van der Waals surface area contributed by atoms with E-state index in [0.29, 0.717) is 0 Å². The fourth-order valence-electron chi connectivity index (χ4n) is 8.58. The maximum Gasteiger partial charge on any atom is 0.143 e. The molecule has 11 aromatic rings. The van der Waals surface area contributed by atoms with Crippen molar-refractivity contribution in [1.29, 1.82) is 0 Å². The van der Waals surface area contributed by atoms with Crippen molar-refractivity contribution in [2.75, 3.05) is 4.90 Å². The summed E-state index contributed by atoms with van der Waals surface area (Å²) in [5, 5.41) is 7.05. The molecule has 0 unspecified atom stereocenters. The molecule has 0 atom stereocenters. The molecule has 0 N–H and O–H groups in total. The first kappa shape index (κ1) is 33.6. The van der Waals surface area contributed by atoms with Crippen LogP contribution in [0.3, 0.4) is 0 Å². The molecule has 0 aliphatic heterocycles. The molecule has 0 aliphatic rings. The van der Waals surface area contributed by atoms with Crippen molar-refractivity contribution < 1.29 is 4.42 Å². The van der Waals surface area contributed by atoms with Gasteiger partial charge in [-0.15, -0.1) is 0 Å². The van der Waals surface area contributed by atoms with Crippen molar-refractivity contribution in [3.63, 3.8) is 0 Å². The van der Waals surface area contributed by atoms with Crippen LogP contribution in [0.15, 0.2) is 229 Å². The molecule has 0 bridgehead atoms. The molecule has 0 fully saturated rings. The van der Waals surface area contributed by atoms with Gasteiger partial charge in [0.05, 0.1) is 11.4 Å². The topological polar surface area (TPSA) is 16.4 Å². The minimum Gasteiger partial charge on any atom is -0.455 e. The molecule has 1 heterocycles. The van der Waals surface area contributed by atoms with Gasteiger partial charge in [-0.25, -0.2) is 0 Å². The number of nitrogens with zero attached hydrogens (tertiary/aromatic N) is 1. The molecular formula is C56H37NO. The summed E-state index contributed by atoms with van der Waals surface area (Å²) < 4.78 is 6.84. The Kier molecular flexibility index (Phi) is 8.19. The number of furan rings is 1. The Bertz CT molecular complexity index is 3290. The minimum absolute atomic E-state index is 0.882. The number of para-hydroxylation sites is 2. The van der Waals surface area contributed by atoms with Gasteiger partial charge in [0, 0.05) is 33.2 Å². The average Bonchev–Trinajstić information content (AvgIpc) is 3.66. The molecule has 0 radical (unpaired) electrons. The van der Waals surface area contributed by atoms with Crippen LogP contribution < -0.4 is 4.90 Å². The van der Waals surface area contributed by atoms with Gasteiger partial charge in [-0.05, 0) is 97.9 Å². The lowest BCUT2D eigenvalue weighted by molar-refractivity contribution is 0.670. The molecule has 272 valence electrons. The molecule has 0 saturated carbocycles. The van der Waals surface area contributed by atoms with Gasteiger partial charge in [-0.2, -0.15) is 0 Å². The van der Waals surface area contributed by atoms with Crippen molar-refractivity contribution in [3.8, 4) is 44.5 Å². The van der Waals surface area contributed by atoms with E-state index < -0.39 is 0 Å². The molecular weight excluding hydrogens is 703 g/mol. The Balaban J connectivity index is 1.16. The minimum atomic E-state index is 0.882. The quantitative estimate of drug-likeness (QED) is 0.162. The van der Waals surface area contributed by atoms with Crippen molar-refractivity contribution >= 4 is 60.5 Å². The lowest BCUT2D eigenvalue weighted by atomic mass is 9.94. The van der Waals surface area contributed by atoms with Gasteiger partial charge in [0.15, 0.2) is 0 Å². The van der Waals surface area contributed by atoms with E-state index in [9.17, 15) is 0 Å². The Hall–Kier alpha value is -7.68. The van der Waals surface area contributed by atoms with Crippen LogP contribution in [-0.4, -0.2) is 0 Å². The molecule has 0 amide bonds. The first-order chi connectivity index (χ1) is 28.7. The van der Waals surface area contributed by atoms with Crippen LogP contribution in [0.5, 0.6) is 0 Å². The predicted octanol–water partition coefficient (Wildman–Crippen LogP) is 16.0. The highest BCUT2D eigenvalue weighted by molar-refractivity contribution is 6.14. The molecule has 1 aromatic heterocycles. The molecule has 0 saturated heterocycles. The van der Waals surface area contributed by atoms with E-state index in [1.54, 1.807) is 0 Å². The van der Waals surface area contributed by atoms with Crippen LogP contribution in [0.4, 0.5) is 17.1 Å². The smallest absolute Gasteiger partial charge is 0.143 e. The average molecular weight is 740 g/mol. The third-order valence-corrected chi connectivity index (χ3v) is 11.4. The molecule has 2 nitrogen and oxygen atoms in total. The Morgan fingerprint density at radius 3 is 1.67 bits per heavy atom. The van der Waals surface area contributed by atoms with E-state index >= 15 is 0 Å². The van der Waals surface area contributed by atoms with Crippen LogP contribution in [0.1, 0.15) is 0 Å². The number of hydrogen-bond acceptors (Lipinski definition) is 2. The summed E-state index contributed by atoms with van der Waals surface area (Å²) in [4.78, 5) is 2.44. The van der Waals surface area contributed by atoms with Crippen LogP contribution in [0, 0.1) is 0 Å². The summed E-state index contributed by atoms with van der Waals surface area (Å²) >= 11 is 0. The Labute approximate surface area is 337 Å². The van der Waals surface area contributed by atoms with Gasteiger partial charge in [0.25, 0.3) is 0 Å². The first-order valence-electron chi connectivity index (χ1n) is 19.8. The Morgan fingerprint density at radius 2 is 0.862 bits per heavy atom. The summed E-state index contributed by atoms with van der Waals surface area (Å²) in [7, 11) is 0. The van der Waals surface area contributed by atoms with E-state index in [-0.39, 0.29) is 0 Å². The first-order valence-corrected chi connectivity index (χ1v) is 19.8. The van der Waals surface area contributed by atoms with Crippen LogP contribution >= 0.6 is 0 Å². The maximum absolute atomic E-state index is 6.84. The third kappa shape index (κ3) is 5.91. The summed E-state index contributed by atoms with van der Waals surface area (Å²) in [6.45, 7) is 0. The second-order valence-electron chi connectivity index (χ2n) is 14.9. The lowest BCUT2D eigenvalue weighted by Gasteiger charge is -2.30. The normalized spacial score (nSPS) is 11.4. The van der Waals surface area contributed by atoms with E-state index in [4.69, 9.17) is 4.42 Å². The highest BCUT2D eigenvalue weighted by Gasteiger charge is 2.23. The van der Waals surface area contributed by atoms with Gasteiger partial charge < -0.3 is 9.32 Å². The standard InChI is InChI=1S/C56H37NO/c1-3-15-38(16-4-1)46-31-32-54(51(35-46)40-18-5-2-6-19-40)57(47-24-13-23-42(34-47)45-30-29-39-17-7-8-20-41(39)33-45)53-28-12-11-25-48(53)49-26-14-27-50-52-36-43-21-9-10-22-44(43)37-55(52)58-56(49)50/h1-37H. The second-order valence-corrected chi connectivity index (χ2v) is 14.9. The highest BCUT2D eigenvalue weighted by atomic mass is 16.3. The summed E-state index contributed by atoms with van der Waals surface area (Å²) in [5.41, 5.74) is 14.1. The molecule has 0 spiro atoms. The van der Waals surface area contributed by atoms with E-state index in [2.05, 4.69) is 229 Å². The second kappa shape index (κ2) is 14.1.